The molecule has 0 saturated heterocycles. The van der Waals surface area contributed by atoms with Crippen LogP contribution in [0.2, 0.25) is 0 Å². The Balaban J connectivity index is 1.89. The van der Waals surface area contributed by atoms with Crippen molar-refractivity contribution < 1.29 is 28.6 Å². The Bertz CT molecular complexity index is 1480. The molecule has 2 atom stereocenters. The summed E-state index contributed by atoms with van der Waals surface area (Å²) in [7, 11) is 0. The molecular weight excluding hydrogens is 476 g/mol. The van der Waals surface area contributed by atoms with Crippen LogP contribution in [-0.2, 0) is 15.1 Å². The van der Waals surface area contributed by atoms with Crippen LogP contribution in [0, 0.1) is 17.6 Å². The molecule has 4 aromatic heterocycles. The number of carboxylic acid groups (broad SMARTS) is 2. The smallest absolute Gasteiger partial charge is 0.331 e. The number of aromatic amines is 1. The molecule has 188 valence electrons. The van der Waals surface area contributed by atoms with Crippen LogP contribution >= 0.6 is 0 Å². The standard InChI is InChI=1S/C23H23F2N7O4/c1-10(21(33)34)11(2)29-20-16(25)17(12-6-28-32(9-12)23(3,4)22(35)36)30-19(31-20)15-8-27-18-14(15)5-13(24)7-26-18/h5-11H,1-4H3,(H,26,27)(H,33,34)(H,35,36)(H,29,30,31)/t10-,11-/m0/s1. The molecule has 0 fully saturated rings. The van der Waals surface area contributed by atoms with Crippen molar-refractivity contribution in [2.24, 2.45) is 5.92 Å². The molecule has 0 aliphatic heterocycles. The number of fused-ring (bicyclic) bond motifs is 1. The lowest BCUT2D eigenvalue weighted by Crippen LogP contribution is -2.35. The molecule has 4 heterocycles. The molecule has 4 rings (SSSR count). The summed E-state index contributed by atoms with van der Waals surface area (Å²) in [6.45, 7) is 5.90. The van der Waals surface area contributed by atoms with Crippen LogP contribution in [0.15, 0.2) is 30.9 Å². The number of carboxylic acids is 2. The molecule has 0 aliphatic rings. The van der Waals surface area contributed by atoms with Crippen molar-refractivity contribution in [1.29, 1.82) is 0 Å². The normalized spacial score (nSPS) is 13.5. The molecule has 0 bridgehead atoms. The fourth-order valence-electron chi connectivity index (χ4n) is 3.42. The number of hydrogen-bond donors (Lipinski definition) is 4. The minimum absolute atomic E-state index is 0.00738. The van der Waals surface area contributed by atoms with Gasteiger partial charge in [0.15, 0.2) is 23.0 Å². The highest BCUT2D eigenvalue weighted by atomic mass is 19.1. The fraction of sp³-hybridized carbons (Fsp3) is 0.304. The molecule has 4 N–H and O–H groups in total. The fourth-order valence-corrected chi connectivity index (χ4v) is 3.42. The predicted octanol–water partition coefficient (Wildman–Crippen LogP) is 3.50. The summed E-state index contributed by atoms with van der Waals surface area (Å²) in [6, 6.07) is 0.513. The first-order valence-corrected chi connectivity index (χ1v) is 10.9. The van der Waals surface area contributed by atoms with E-state index in [0.717, 1.165) is 6.20 Å². The number of pyridine rings is 1. The van der Waals surface area contributed by atoms with Gasteiger partial charge in [0.05, 0.1) is 18.3 Å². The molecule has 11 nitrogen and oxygen atoms in total. The second-order valence-corrected chi connectivity index (χ2v) is 8.91. The molecule has 0 amide bonds. The molecule has 0 unspecified atom stereocenters. The first-order valence-electron chi connectivity index (χ1n) is 10.9. The zero-order valence-corrected chi connectivity index (χ0v) is 19.7. The first kappa shape index (κ1) is 24.7. The summed E-state index contributed by atoms with van der Waals surface area (Å²) in [5.41, 5.74) is -0.768. The van der Waals surface area contributed by atoms with Crippen molar-refractivity contribution in [2.75, 3.05) is 5.32 Å². The number of nitrogens with one attached hydrogen (secondary N) is 2. The first-order chi connectivity index (χ1) is 16.9. The average molecular weight is 499 g/mol. The molecule has 4 aromatic rings. The predicted molar refractivity (Wildman–Crippen MR) is 125 cm³/mol. The van der Waals surface area contributed by atoms with Crippen LogP contribution in [-0.4, -0.2) is 57.9 Å². The quantitative estimate of drug-likeness (QED) is 0.285. The number of halogens is 2. The molecule has 13 heteroatoms. The van der Waals surface area contributed by atoms with Crippen LogP contribution in [0.3, 0.4) is 0 Å². The zero-order valence-electron chi connectivity index (χ0n) is 19.7. The number of aromatic nitrogens is 6. The molecule has 0 saturated carbocycles. The largest absolute Gasteiger partial charge is 0.481 e. The Morgan fingerprint density at radius 1 is 1.17 bits per heavy atom. The molecule has 0 radical (unpaired) electrons. The average Bonchev–Trinajstić information content (AvgIpc) is 3.47. The van der Waals surface area contributed by atoms with E-state index in [1.807, 2.05) is 0 Å². The van der Waals surface area contributed by atoms with Gasteiger partial charge in [0.25, 0.3) is 0 Å². The van der Waals surface area contributed by atoms with Crippen LogP contribution in [0.5, 0.6) is 0 Å². The van der Waals surface area contributed by atoms with Crippen LogP contribution in [0.25, 0.3) is 33.7 Å². The Morgan fingerprint density at radius 2 is 1.89 bits per heavy atom. The van der Waals surface area contributed by atoms with Crippen LogP contribution in [0.1, 0.15) is 27.7 Å². The van der Waals surface area contributed by atoms with Crippen molar-refractivity contribution in [1.82, 2.24) is 29.7 Å². The molecule has 0 aromatic carbocycles. The molecule has 0 spiro atoms. The van der Waals surface area contributed by atoms with E-state index in [1.54, 1.807) is 6.92 Å². The summed E-state index contributed by atoms with van der Waals surface area (Å²) in [6.07, 6.45) is 5.15. The maximum atomic E-state index is 15.7. The maximum Gasteiger partial charge on any atom is 0.331 e. The number of anilines is 1. The van der Waals surface area contributed by atoms with Crippen molar-refractivity contribution in [3.63, 3.8) is 0 Å². The van der Waals surface area contributed by atoms with Gasteiger partial charge >= 0.3 is 11.9 Å². The summed E-state index contributed by atoms with van der Waals surface area (Å²) in [5, 5.41) is 26.0. The van der Waals surface area contributed by atoms with Gasteiger partial charge in [-0.15, -0.1) is 0 Å². The summed E-state index contributed by atoms with van der Waals surface area (Å²) in [5.74, 6) is -4.86. The Morgan fingerprint density at radius 3 is 2.56 bits per heavy atom. The van der Waals surface area contributed by atoms with E-state index >= 15 is 4.39 Å². The van der Waals surface area contributed by atoms with Crippen LogP contribution in [0.4, 0.5) is 14.6 Å². The minimum Gasteiger partial charge on any atom is -0.481 e. The Kier molecular flexibility index (Phi) is 6.16. The Labute approximate surface area is 203 Å². The van der Waals surface area contributed by atoms with Gasteiger partial charge in [0.1, 0.15) is 17.2 Å². The molecule has 36 heavy (non-hydrogen) atoms. The van der Waals surface area contributed by atoms with E-state index < -0.39 is 41.1 Å². The van der Waals surface area contributed by atoms with Gasteiger partial charge in [0.2, 0.25) is 0 Å². The lowest BCUT2D eigenvalue weighted by atomic mass is 10.0. The lowest BCUT2D eigenvalue weighted by Gasteiger charge is -2.20. The summed E-state index contributed by atoms with van der Waals surface area (Å²) >= 11 is 0. The zero-order chi connectivity index (χ0) is 26.4. The third kappa shape index (κ3) is 4.34. The van der Waals surface area contributed by atoms with E-state index in [1.165, 1.54) is 50.1 Å². The van der Waals surface area contributed by atoms with E-state index in [2.05, 4.69) is 30.4 Å². The third-order valence-electron chi connectivity index (χ3n) is 6.05. The highest BCUT2D eigenvalue weighted by molar-refractivity contribution is 5.92. The number of carbonyl (C=O) groups is 2. The van der Waals surface area contributed by atoms with Gasteiger partial charge in [-0.2, -0.15) is 5.10 Å². The monoisotopic (exact) mass is 499 g/mol. The van der Waals surface area contributed by atoms with Gasteiger partial charge in [-0.1, -0.05) is 0 Å². The van der Waals surface area contributed by atoms with Crippen molar-refractivity contribution in [3.8, 4) is 22.6 Å². The third-order valence-corrected chi connectivity index (χ3v) is 6.05. The number of rotatable bonds is 8. The Hall–Kier alpha value is -4.42. The van der Waals surface area contributed by atoms with Gasteiger partial charge < -0.3 is 20.5 Å². The minimum atomic E-state index is -1.42. The van der Waals surface area contributed by atoms with Gasteiger partial charge in [-0.05, 0) is 33.8 Å². The highest BCUT2D eigenvalue weighted by Gasteiger charge is 2.31. The van der Waals surface area contributed by atoms with Crippen molar-refractivity contribution in [3.05, 3.63) is 42.5 Å². The van der Waals surface area contributed by atoms with Gasteiger partial charge in [-0.25, -0.2) is 28.5 Å². The molecular formula is C23H23F2N7O4. The van der Waals surface area contributed by atoms with Crippen molar-refractivity contribution in [2.45, 2.75) is 39.3 Å². The van der Waals surface area contributed by atoms with E-state index in [-0.39, 0.29) is 22.9 Å². The second-order valence-electron chi connectivity index (χ2n) is 8.91. The van der Waals surface area contributed by atoms with Gasteiger partial charge in [0, 0.05) is 34.9 Å². The maximum absolute atomic E-state index is 15.7. The highest BCUT2D eigenvalue weighted by Crippen LogP contribution is 2.32. The molecule has 0 aliphatic carbocycles. The lowest BCUT2D eigenvalue weighted by molar-refractivity contribution is -0.146. The van der Waals surface area contributed by atoms with Crippen molar-refractivity contribution >= 4 is 28.8 Å². The van der Waals surface area contributed by atoms with E-state index in [0.29, 0.717) is 16.6 Å². The number of nitrogens with zero attached hydrogens (tertiary/aromatic N) is 5. The number of aliphatic carboxylic acids is 2. The number of hydrogen-bond acceptors (Lipinski definition) is 7. The van der Waals surface area contributed by atoms with Crippen LogP contribution < -0.4 is 5.32 Å². The van der Waals surface area contributed by atoms with Gasteiger partial charge in [-0.3, -0.25) is 9.48 Å². The number of H-pyrrole nitrogens is 1. The van der Waals surface area contributed by atoms with E-state index in [9.17, 15) is 24.2 Å². The second kappa shape index (κ2) is 8.98. The SMILES string of the molecule is C[C@H](Nc1nc(-c2c[nH]c3ncc(F)cc23)nc(-c2cnn(C(C)(C)C(=O)O)c2)c1F)[C@H](C)C(=O)O. The topological polar surface area (TPSA) is 159 Å². The summed E-state index contributed by atoms with van der Waals surface area (Å²) < 4.78 is 30.8. The summed E-state index contributed by atoms with van der Waals surface area (Å²) in [4.78, 5) is 38.5. The van der Waals surface area contributed by atoms with E-state index in [4.69, 9.17) is 0 Å².